The molecule has 1 unspecified atom stereocenters. The van der Waals surface area contributed by atoms with Crippen LogP contribution in [0.3, 0.4) is 0 Å². The lowest BCUT2D eigenvalue weighted by atomic mass is 9.90. The summed E-state index contributed by atoms with van der Waals surface area (Å²) in [4.78, 5) is 4.27. The van der Waals surface area contributed by atoms with Crippen LogP contribution in [0.15, 0.2) is 18.2 Å². The second-order valence-electron chi connectivity index (χ2n) is 4.63. The van der Waals surface area contributed by atoms with E-state index in [1.165, 1.54) is 12.1 Å². The summed E-state index contributed by atoms with van der Waals surface area (Å²) in [6.07, 6.45) is 1.85. The molecule has 3 rings (SSSR count). The molecule has 6 heteroatoms. The number of nitrogens with two attached hydrogens (primary N) is 1. The molecule has 0 bridgehead atoms. The van der Waals surface area contributed by atoms with E-state index in [1.54, 1.807) is 17.9 Å². The summed E-state index contributed by atoms with van der Waals surface area (Å²) >= 11 is 0. The van der Waals surface area contributed by atoms with E-state index in [-0.39, 0.29) is 17.7 Å². The van der Waals surface area contributed by atoms with Gasteiger partial charge in [0.1, 0.15) is 17.4 Å². The molecule has 0 spiro atoms. The van der Waals surface area contributed by atoms with Gasteiger partial charge in [-0.25, -0.2) is 9.07 Å². The summed E-state index contributed by atoms with van der Waals surface area (Å²) < 4.78 is 20.6. The van der Waals surface area contributed by atoms with Gasteiger partial charge in [0.15, 0.2) is 0 Å². The SMILES string of the molecule is COc1ccc(F)cc1C1CCCn2nc(N)nc21. The normalized spacial score (nSPS) is 18.1. The van der Waals surface area contributed by atoms with Crippen LogP contribution in [0.1, 0.15) is 30.1 Å². The number of aryl methyl sites for hydroxylation is 1. The number of aromatic nitrogens is 3. The molecule has 1 aliphatic rings. The molecule has 1 aromatic carbocycles. The highest BCUT2D eigenvalue weighted by atomic mass is 19.1. The number of ether oxygens (including phenoxy) is 1. The Bertz CT molecular complexity index is 611. The summed E-state index contributed by atoms with van der Waals surface area (Å²) in [5.74, 6) is 1.41. The van der Waals surface area contributed by atoms with Gasteiger partial charge in [-0.1, -0.05) is 0 Å². The van der Waals surface area contributed by atoms with Crippen LogP contribution in [0.2, 0.25) is 0 Å². The largest absolute Gasteiger partial charge is 0.496 e. The van der Waals surface area contributed by atoms with Crippen molar-refractivity contribution in [1.29, 1.82) is 0 Å². The third-order valence-electron chi connectivity index (χ3n) is 3.46. The lowest BCUT2D eigenvalue weighted by Crippen LogP contribution is -2.18. The second-order valence-corrected chi connectivity index (χ2v) is 4.63. The number of rotatable bonds is 2. The van der Waals surface area contributed by atoms with Crippen molar-refractivity contribution < 1.29 is 9.13 Å². The number of anilines is 1. The first kappa shape index (κ1) is 12.0. The van der Waals surface area contributed by atoms with E-state index in [4.69, 9.17) is 10.5 Å². The maximum atomic E-state index is 13.5. The van der Waals surface area contributed by atoms with Crippen LogP contribution < -0.4 is 10.5 Å². The number of benzene rings is 1. The first-order valence-electron chi connectivity index (χ1n) is 6.22. The van der Waals surface area contributed by atoms with E-state index in [1.807, 2.05) is 0 Å². The molecule has 1 aliphatic heterocycles. The predicted molar refractivity (Wildman–Crippen MR) is 68.5 cm³/mol. The molecule has 1 atom stereocenters. The number of fused-ring (bicyclic) bond motifs is 1. The van der Waals surface area contributed by atoms with Crippen molar-refractivity contribution in [3.05, 3.63) is 35.4 Å². The molecule has 0 aliphatic carbocycles. The van der Waals surface area contributed by atoms with Crippen LogP contribution >= 0.6 is 0 Å². The van der Waals surface area contributed by atoms with Crippen LogP contribution in [0.25, 0.3) is 0 Å². The number of nitrogens with zero attached hydrogens (tertiary/aromatic N) is 3. The smallest absolute Gasteiger partial charge is 0.239 e. The minimum atomic E-state index is -0.277. The maximum absolute atomic E-state index is 13.5. The van der Waals surface area contributed by atoms with Gasteiger partial charge < -0.3 is 10.5 Å². The Balaban J connectivity index is 2.10. The highest BCUT2D eigenvalue weighted by molar-refractivity contribution is 5.40. The number of nitrogen functional groups attached to an aromatic ring is 1. The predicted octanol–water partition coefficient (Wildman–Crippen LogP) is 1.93. The summed E-state index contributed by atoms with van der Waals surface area (Å²) in [6, 6.07) is 4.54. The first-order chi connectivity index (χ1) is 9.19. The van der Waals surface area contributed by atoms with E-state index in [0.717, 1.165) is 30.8 Å². The Kier molecular flexibility index (Phi) is 2.85. The van der Waals surface area contributed by atoms with Crippen LogP contribution in [0.4, 0.5) is 10.3 Å². The van der Waals surface area contributed by atoms with E-state index < -0.39 is 0 Å². The molecule has 2 N–H and O–H groups in total. The van der Waals surface area contributed by atoms with Crippen molar-refractivity contribution in [3.8, 4) is 5.75 Å². The molecular weight excluding hydrogens is 247 g/mol. The second kappa shape index (κ2) is 4.53. The van der Waals surface area contributed by atoms with Gasteiger partial charge in [-0.2, -0.15) is 4.98 Å². The molecule has 0 radical (unpaired) electrons. The van der Waals surface area contributed by atoms with E-state index in [0.29, 0.717) is 5.75 Å². The van der Waals surface area contributed by atoms with Gasteiger partial charge in [0.25, 0.3) is 0 Å². The van der Waals surface area contributed by atoms with Gasteiger partial charge in [0, 0.05) is 18.0 Å². The lowest BCUT2D eigenvalue weighted by Gasteiger charge is -2.23. The molecule has 0 amide bonds. The molecule has 1 aromatic heterocycles. The standard InChI is InChI=1S/C13H15FN4O/c1-19-11-5-4-8(14)7-10(11)9-3-2-6-18-12(9)16-13(15)17-18/h4-5,7,9H,2-3,6H2,1H3,(H2,15,17). The van der Waals surface area contributed by atoms with Crippen LogP contribution in [-0.4, -0.2) is 21.9 Å². The van der Waals surface area contributed by atoms with Gasteiger partial charge in [-0.3, -0.25) is 0 Å². The summed E-state index contributed by atoms with van der Waals surface area (Å²) in [5, 5.41) is 4.15. The summed E-state index contributed by atoms with van der Waals surface area (Å²) in [5.41, 5.74) is 6.45. The van der Waals surface area contributed by atoms with Gasteiger partial charge in [0.2, 0.25) is 5.95 Å². The van der Waals surface area contributed by atoms with Crippen molar-refractivity contribution in [1.82, 2.24) is 14.8 Å². The summed E-state index contributed by atoms with van der Waals surface area (Å²) in [6.45, 7) is 0.799. The topological polar surface area (TPSA) is 66.0 Å². The number of halogens is 1. The molecular formula is C13H15FN4O. The highest BCUT2D eigenvalue weighted by Crippen LogP contribution is 2.37. The van der Waals surface area contributed by atoms with E-state index >= 15 is 0 Å². The monoisotopic (exact) mass is 262 g/mol. The Morgan fingerprint density at radius 3 is 3.11 bits per heavy atom. The Morgan fingerprint density at radius 2 is 2.32 bits per heavy atom. The van der Waals surface area contributed by atoms with Crippen LogP contribution in [-0.2, 0) is 6.54 Å². The van der Waals surface area contributed by atoms with Gasteiger partial charge in [0.05, 0.1) is 7.11 Å². The fourth-order valence-corrected chi connectivity index (χ4v) is 2.64. The van der Waals surface area contributed by atoms with Crippen molar-refractivity contribution in [2.45, 2.75) is 25.3 Å². The lowest BCUT2D eigenvalue weighted by molar-refractivity contribution is 0.392. The molecule has 5 nitrogen and oxygen atoms in total. The van der Waals surface area contributed by atoms with E-state index in [9.17, 15) is 4.39 Å². The quantitative estimate of drug-likeness (QED) is 0.898. The Morgan fingerprint density at radius 1 is 1.47 bits per heavy atom. The van der Waals surface area contributed by atoms with Gasteiger partial charge in [-0.15, -0.1) is 5.10 Å². The van der Waals surface area contributed by atoms with Crippen LogP contribution in [0, 0.1) is 5.82 Å². The summed E-state index contributed by atoms with van der Waals surface area (Å²) in [7, 11) is 1.58. The zero-order valence-electron chi connectivity index (χ0n) is 10.6. The average Bonchev–Trinajstić information content (AvgIpc) is 2.78. The molecule has 0 fully saturated rings. The number of hydrogen-bond acceptors (Lipinski definition) is 4. The Hall–Kier alpha value is -2.11. The zero-order valence-corrected chi connectivity index (χ0v) is 10.6. The third kappa shape index (κ3) is 2.03. The van der Waals surface area contributed by atoms with E-state index in [2.05, 4.69) is 10.1 Å². The van der Waals surface area contributed by atoms with Gasteiger partial charge >= 0.3 is 0 Å². The minimum Gasteiger partial charge on any atom is -0.496 e. The number of methoxy groups -OCH3 is 1. The zero-order chi connectivity index (χ0) is 13.4. The third-order valence-corrected chi connectivity index (χ3v) is 3.46. The molecule has 0 saturated heterocycles. The average molecular weight is 262 g/mol. The maximum Gasteiger partial charge on any atom is 0.239 e. The molecule has 0 saturated carbocycles. The molecule has 2 aromatic rings. The first-order valence-corrected chi connectivity index (χ1v) is 6.22. The molecule has 2 heterocycles. The number of hydrogen-bond donors (Lipinski definition) is 1. The van der Waals surface area contributed by atoms with Crippen LogP contribution in [0.5, 0.6) is 5.75 Å². The van der Waals surface area contributed by atoms with Gasteiger partial charge in [-0.05, 0) is 31.0 Å². The van der Waals surface area contributed by atoms with Crippen molar-refractivity contribution in [2.24, 2.45) is 0 Å². The van der Waals surface area contributed by atoms with Crippen molar-refractivity contribution in [3.63, 3.8) is 0 Å². The van der Waals surface area contributed by atoms with Crippen molar-refractivity contribution >= 4 is 5.95 Å². The fourth-order valence-electron chi connectivity index (χ4n) is 2.64. The molecule has 19 heavy (non-hydrogen) atoms. The fraction of sp³-hybridized carbons (Fsp3) is 0.385. The highest BCUT2D eigenvalue weighted by Gasteiger charge is 2.27. The molecule has 100 valence electrons. The minimum absolute atomic E-state index is 0.0239. The van der Waals surface area contributed by atoms with Crippen molar-refractivity contribution in [2.75, 3.05) is 12.8 Å². The Labute approximate surface area is 110 Å².